The van der Waals surface area contributed by atoms with Crippen molar-refractivity contribution in [2.75, 3.05) is 13.2 Å². The third-order valence-electron chi connectivity index (χ3n) is 2.12. The maximum atomic E-state index is 8.14. The summed E-state index contributed by atoms with van der Waals surface area (Å²) in [5.41, 5.74) is 8.69. The van der Waals surface area contributed by atoms with Crippen LogP contribution in [-0.2, 0) is 21.8 Å². The van der Waals surface area contributed by atoms with E-state index in [4.69, 9.17) is 19.4 Å². The highest BCUT2D eigenvalue weighted by Crippen LogP contribution is 2.29. The molecule has 2 rings (SSSR count). The highest BCUT2D eigenvalue weighted by molar-refractivity contribution is 5.05. The minimum atomic E-state index is -0.835. The fraction of sp³-hybridized carbons (Fsp3) is 0.625. The van der Waals surface area contributed by atoms with E-state index in [2.05, 4.69) is 15.0 Å². The number of rotatable bonds is 3. The average Bonchev–Trinajstić information content (AvgIpc) is 2.84. The number of oxazole rings is 1. The van der Waals surface area contributed by atoms with Crippen LogP contribution in [0, 0.1) is 0 Å². The van der Waals surface area contributed by atoms with Crippen LogP contribution in [0.25, 0.3) is 10.4 Å². The van der Waals surface area contributed by atoms with Crippen molar-refractivity contribution in [1.82, 2.24) is 4.98 Å². The van der Waals surface area contributed by atoms with Gasteiger partial charge in [0.1, 0.15) is 18.5 Å². The van der Waals surface area contributed by atoms with E-state index in [0.29, 0.717) is 24.8 Å². The fourth-order valence-electron chi connectivity index (χ4n) is 1.35. The molecular weight excluding hydrogens is 200 g/mol. The molecule has 80 valence electrons. The number of hydrogen-bond donors (Lipinski definition) is 0. The van der Waals surface area contributed by atoms with E-state index in [1.54, 1.807) is 6.92 Å². The molecule has 1 aromatic heterocycles. The molecule has 0 aliphatic carbocycles. The summed E-state index contributed by atoms with van der Waals surface area (Å²) in [5.74, 6) is -0.485. The van der Waals surface area contributed by atoms with Gasteiger partial charge in [-0.1, -0.05) is 5.11 Å². The van der Waals surface area contributed by atoms with Gasteiger partial charge in [0.15, 0.2) is 5.89 Å². The van der Waals surface area contributed by atoms with Crippen molar-refractivity contribution in [2.24, 2.45) is 5.11 Å². The highest BCUT2D eigenvalue weighted by atomic mass is 16.7. The van der Waals surface area contributed by atoms with E-state index >= 15 is 0 Å². The Kier molecular flexibility index (Phi) is 2.59. The summed E-state index contributed by atoms with van der Waals surface area (Å²) in [7, 11) is 0. The van der Waals surface area contributed by atoms with E-state index in [1.807, 2.05) is 0 Å². The smallest absolute Gasteiger partial charge is 0.212 e. The molecule has 7 heteroatoms. The quantitative estimate of drug-likeness (QED) is 0.431. The minimum absolute atomic E-state index is 0.0899. The van der Waals surface area contributed by atoms with Gasteiger partial charge in [-0.3, -0.25) is 0 Å². The normalized spacial score (nSPS) is 18.7. The monoisotopic (exact) mass is 210 g/mol. The lowest BCUT2D eigenvalue weighted by Gasteiger charge is -2.18. The molecule has 0 bridgehead atoms. The zero-order valence-corrected chi connectivity index (χ0v) is 8.21. The summed E-state index contributed by atoms with van der Waals surface area (Å²) < 4.78 is 15.9. The lowest BCUT2D eigenvalue weighted by molar-refractivity contribution is -0.152. The Morgan fingerprint density at radius 3 is 3.00 bits per heavy atom. The number of azide groups is 1. The second-order valence-electron chi connectivity index (χ2n) is 3.16. The number of aromatic nitrogens is 1. The Balaban J connectivity index is 2.15. The van der Waals surface area contributed by atoms with Gasteiger partial charge in [-0.05, 0) is 12.5 Å². The van der Waals surface area contributed by atoms with Crippen molar-refractivity contribution in [3.05, 3.63) is 28.3 Å². The molecule has 1 saturated heterocycles. The molecule has 0 unspecified atom stereocenters. The topological polar surface area (TPSA) is 93.3 Å². The van der Waals surface area contributed by atoms with Crippen LogP contribution in [0.3, 0.4) is 0 Å². The summed E-state index contributed by atoms with van der Waals surface area (Å²) in [5, 5.41) is 3.35. The van der Waals surface area contributed by atoms with Crippen LogP contribution in [0.5, 0.6) is 0 Å². The van der Waals surface area contributed by atoms with Crippen molar-refractivity contribution >= 4 is 0 Å². The molecule has 7 nitrogen and oxygen atoms in total. The van der Waals surface area contributed by atoms with E-state index in [-0.39, 0.29) is 6.54 Å². The van der Waals surface area contributed by atoms with E-state index < -0.39 is 5.79 Å². The zero-order chi connectivity index (χ0) is 10.7. The number of hydrogen-bond acceptors (Lipinski definition) is 5. The molecule has 1 aromatic rings. The third kappa shape index (κ3) is 1.94. The van der Waals surface area contributed by atoms with Gasteiger partial charge in [0.25, 0.3) is 0 Å². The first-order valence-corrected chi connectivity index (χ1v) is 4.48. The Morgan fingerprint density at radius 1 is 1.60 bits per heavy atom. The first-order chi connectivity index (χ1) is 7.24. The number of nitrogens with zero attached hydrogens (tertiary/aromatic N) is 4. The van der Waals surface area contributed by atoms with Gasteiger partial charge >= 0.3 is 0 Å². The molecule has 0 atom stereocenters. The van der Waals surface area contributed by atoms with Gasteiger partial charge in [-0.25, -0.2) is 4.98 Å². The Morgan fingerprint density at radius 2 is 2.33 bits per heavy atom. The van der Waals surface area contributed by atoms with Crippen LogP contribution in [-0.4, -0.2) is 18.2 Å². The molecule has 15 heavy (non-hydrogen) atoms. The summed E-state index contributed by atoms with van der Waals surface area (Å²) in [6.45, 7) is 2.94. The average molecular weight is 210 g/mol. The summed E-state index contributed by atoms with van der Waals surface area (Å²) in [6.07, 6.45) is 1.45. The van der Waals surface area contributed by atoms with Crippen LogP contribution in [0.1, 0.15) is 18.5 Å². The van der Waals surface area contributed by atoms with Crippen molar-refractivity contribution in [3.63, 3.8) is 0 Å². The second-order valence-corrected chi connectivity index (χ2v) is 3.16. The van der Waals surface area contributed by atoms with Crippen LogP contribution >= 0.6 is 0 Å². The second kappa shape index (κ2) is 3.90. The third-order valence-corrected chi connectivity index (χ3v) is 2.12. The molecule has 1 aliphatic rings. The molecule has 1 fully saturated rings. The van der Waals surface area contributed by atoms with Crippen molar-refractivity contribution in [1.29, 1.82) is 0 Å². The molecule has 0 aromatic carbocycles. The number of ether oxygens (including phenoxy) is 2. The van der Waals surface area contributed by atoms with Gasteiger partial charge in [-0.2, -0.15) is 0 Å². The lowest BCUT2D eigenvalue weighted by atomic mass is 10.2. The van der Waals surface area contributed by atoms with Crippen molar-refractivity contribution < 1.29 is 13.9 Å². The molecule has 0 N–H and O–H groups in total. The molecule has 0 amide bonds. The van der Waals surface area contributed by atoms with Gasteiger partial charge in [0.05, 0.1) is 13.2 Å². The van der Waals surface area contributed by atoms with Crippen LogP contribution in [0.15, 0.2) is 15.8 Å². The maximum absolute atomic E-state index is 8.14. The highest BCUT2D eigenvalue weighted by Gasteiger charge is 2.36. The molecule has 0 radical (unpaired) electrons. The predicted molar refractivity (Wildman–Crippen MR) is 48.6 cm³/mol. The lowest BCUT2D eigenvalue weighted by Crippen LogP contribution is -2.22. The first-order valence-electron chi connectivity index (χ1n) is 4.48. The minimum Gasteiger partial charge on any atom is -0.448 e. The van der Waals surface area contributed by atoms with Crippen LogP contribution in [0.2, 0.25) is 0 Å². The van der Waals surface area contributed by atoms with Crippen molar-refractivity contribution in [3.8, 4) is 0 Å². The predicted octanol–water partition coefficient (Wildman–Crippen LogP) is 1.70. The summed E-state index contributed by atoms with van der Waals surface area (Å²) in [4.78, 5) is 6.74. The van der Waals surface area contributed by atoms with Gasteiger partial charge in [0.2, 0.25) is 5.79 Å². The Labute approximate surface area is 85.6 Å². The van der Waals surface area contributed by atoms with E-state index in [9.17, 15) is 0 Å². The molecule has 2 heterocycles. The largest absolute Gasteiger partial charge is 0.448 e. The SMILES string of the molecule is CC1(c2coc(CN=[N+]=[N-])n2)OCCO1. The summed E-state index contributed by atoms with van der Waals surface area (Å²) >= 11 is 0. The van der Waals surface area contributed by atoms with Gasteiger partial charge in [0, 0.05) is 4.91 Å². The molecule has 0 saturated carbocycles. The molecule has 1 aliphatic heterocycles. The standard InChI is InChI=1S/C8H10N4O3/c1-8(14-2-3-15-8)6-5-13-7(11-6)4-10-12-9/h5H,2-4H2,1H3. The van der Waals surface area contributed by atoms with Crippen LogP contribution < -0.4 is 0 Å². The molecule has 0 spiro atoms. The first kappa shape index (κ1) is 9.97. The van der Waals surface area contributed by atoms with Crippen molar-refractivity contribution in [2.45, 2.75) is 19.3 Å². The zero-order valence-electron chi connectivity index (χ0n) is 8.21. The Hall–Kier alpha value is -1.56. The van der Waals surface area contributed by atoms with Gasteiger partial charge in [-0.15, -0.1) is 0 Å². The maximum Gasteiger partial charge on any atom is 0.212 e. The van der Waals surface area contributed by atoms with E-state index in [0.717, 1.165) is 0 Å². The summed E-state index contributed by atoms with van der Waals surface area (Å²) in [6, 6.07) is 0. The van der Waals surface area contributed by atoms with E-state index in [1.165, 1.54) is 6.26 Å². The van der Waals surface area contributed by atoms with Crippen LogP contribution in [0.4, 0.5) is 0 Å². The molecular formula is C8H10N4O3. The Bertz CT molecular complexity index is 390. The van der Waals surface area contributed by atoms with Gasteiger partial charge < -0.3 is 13.9 Å². The fourth-order valence-corrected chi connectivity index (χ4v) is 1.35.